The van der Waals surface area contributed by atoms with Gasteiger partial charge in [-0.15, -0.1) is 10.2 Å². The molecule has 63 heavy (non-hydrogen) atoms. The number of hydrogen-bond donors (Lipinski definition) is 0. The largest absolute Gasteiger partial charge is 0.540 e. The molecule has 0 heterocycles. The molecule has 0 fully saturated rings. The summed E-state index contributed by atoms with van der Waals surface area (Å²) < 4.78 is 72.5. The predicted molar refractivity (Wildman–Crippen MR) is 265 cm³/mol. The summed E-state index contributed by atoms with van der Waals surface area (Å²) >= 11 is 16.9. The molecule has 15 nitrogen and oxygen atoms in total. The fraction of sp³-hybridized carbons (Fsp3) is 0.300. The smallest absolute Gasteiger partial charge is 0.497 e. The third-order valence-corrected chi connectivity index (χ3v) is 18.5. The van der Waals surface area contributed by atoms with E-state index in [1.54, 1.807) is 48.1 Å². The fourth-order valence-corrected chi connectivity index (χ4v) is 10.5. The van der Waals surface area contributed by atoms with Gasteiger partial charge in [-0.1, -0.05) is 33.8 Å². The highest BCUT2D eigenvalue weighted by Gasteiger charge is 2.32. The lowest BCUT2D eigenvalue weighted by molar-refractivity contribution is 0.224. The normalized spacial score (nSPS) is 13.0. The Labute approximate surface area is 388 Å². The topological polar surface area (TPSA) is 142 Å². The molecule has 4 rings (SSSR count). The highest BCUT2D eigenvalue weighted by atomic mass is 32.4. The number of rotatable bonds is 26. The van der Waals surface area contributed by atoms with Crippen molar-refractivity contribution in [1.29, 1.82) is 0 Å². The van der Waals surface area contributed by atoms with Crippen LogP contribution in [-0.4, -0.2) is 95.6 Å². The van der Waals surface area contributed by atoms with Gasteiger partial charge >= 0.3 is 36.3 Å². The molecule has 0 saturated carbocycles. The molecule has 4 aromatic rings. The van der Waals surface area contributed by atoms with E-state index in [9.17, 15) is 9.13 Å². The van der Waals surface area contributed by atoms with Crippen LogP contribution in [-0.2, 0) is 69.1 Å². The zero-order chi connectivity index (χ0) is 46.0. The van der Waals surface area contributed by atoms with Gasteiger partial charge in [-0.2, -0.15) is 0 Å². The number of nitrogens with zero attached hydrogens (tertiary/aromatic N) is 5. The van der Waals surface area contributed by atoms with Crippen LogP contribution in [0.25, 0.3) is 6.08 Å². The number of hydrogen-bond acceptors (Lipinski definition) is 16. The molecule has 4 aromatic carbocycles. The van der Waals surface area contributed by atoms with Crippen LogP contribution in [0, 0.1) is 0 Å². The molecule has 3 atom stereocenters. The Bertz CT molecular complexity index is 2300. The van der Waals surface area contributed by atoms with Gasteiger partial charge in [-0.3, -0.25) is 27.6 Å². The third kappa shape index (κ3) is 17.5. The van der Waals surface area contributed by atoms with Crippen molar-refractivity contribution in [3.8, 4) is 23.0 Å². The summed E-state index contributed by atoms with van der Waals surface area (Å²) in [6, 6.07) is 30.1. The molecule has 3 unspecified atom stereocenters. The predicted octanol–water partition coefficient (Wildman–Crippen LogP) is 11.0. The first kappa shape index (κ1) is 52.2. The first-order valence-electron chi connectivity index (χ1n) is 18.9. The highest BCUT2D eigenvalue weighted by Crippen LogP contribution is 2.51. The molecule has 0 aromatic heterocycles. The van der Waals surface area contributed by atoms with Gasteiger partial charge in [0.1, 0.15) is 18.3 Å². The molecule has 0 amide bonds. The first-order valence-corrected chi connectivity index (χ1v) is 29.0. The maximum Gasteiger partial charge on any atom is 0.540 e. The summed E-state index contributed by atoms with van der Waals surface area (Å²) in [4.78, 5) is 1.68. The van der Waals surface area contributed by atoms with Crippen molar-refractivity contribution < 1.29 is 45.5 Å². The molecule has 23 heteroatoms. The molecule has 0 bridgehead atoms. The average molecular weight is 1010 g/mol. The second kappa shape index (κ2) is 25.9. The van der Waals surface area contributed by atoms with Crippen molar-refractivity contribution in [2.24, 2.45) is 10.2 Å². The van der Waals surface area contributed by atoms with E-state index in [0.717, 1.165) is 33.3 Å². The lowest BCUT2D eigenvalue weighted by Gasteiger charge is -2.27. The van der Waals surface area contributed by atoms with Crippen LogP contribution in [0.5, 0.6) is 23.0 Å². The van der Waals surface area contributed by atoms with Gasteiger partial charge < -0.3 is 22.8 Å². The van der Waals surface area contributed by atoms with Crippen molar-refractivity contribution >= 4 is 90.2 Å². The monoisotopic (exact) mass is 1010 g/mol. The van der Waals surface area contributed by atoms with Crippen LogP contribution in [0.1, 0.15) is 29.2 Å². The third-order valence-electron chi connectivity index (χ3n) is 8.81. The van der Waals surface area contributed by atoms with E-state index < -0.39 is 36.3 Å². The van der Waals surface area contributed by atoms with Gasteiger partial charge in [0.15, 0.2) is 22.6 Å². The zero-order valence-corrected chi connectivity index (χ0v) is 43.0. The van der Waals surface area contributed by atoms with Crippen molar-refractivity contribution in [3.05, 3.63) is 125 Å². The Morgan fingerprint density at radius 3 is 1.38 bits per heavy atom. The summed E-state index contributed by atoms with van der Waals surface area (Å²) in [5, 5.41) is 9.93. The number of ether oxygens (including phenoxy) is 1. The van der Waals surface area contributed by atoms with Gasteiger partial charge in [-0.05, 0) is 108 Å². The van der Waals surface area contributed by atoms with Crippen LogP contribution in [0.15, 0.2) is 113 Å². The van der Waals surface area contributed by atoms with Crippen molar-refractivity contribution in [3.63, 3.8) is 0 Å². The van der Waals surface area contributed by atoms with Crippen LogP contribution in [0.4, 0.5) is 0 Å². The van der Waals surface area contributed by atoms with E-state index >= 15 is 0 Å². The van der Waals surface area contributed by atoms with Crippen LogP contribution in [0.2, 0.25) is 0 Å². The van der Waals surface area contributed by atoms with Gasteiger partial charge in [0.2, 0.25) is 35.4 Å². The second-order valence-corrected chi connectivity index (χ2v) is 24.4. The molecular weight excluding hydrogens is 962 g/mol. The minimum Gasteiger partial charge on any atom is -0.497 e. The minimum absolute atomic E-state index is 0.0918. The molecule has 0 saturated heterocycles. The maximum absolute atomic E-state index is 12.8. The Morgan fingerprint density at radius 1 is 0.587 bits per heavy atom. The van der Waals surface area contributed by atoms with Crippen molar-refractivity contribution in [2.45, 2.75) is 13.3 Å². The summed E-state index contributed by atoms with van der Waals surface area (Å²) in [7, 11) is 0.504. The van der Waals surface area contributed by atoms with Gasteiger partial charge in [-0.25, -0.2) is 0 Å². The van der Waals surface area contributed by atoms with Gasteiger partial charge in [0, 0.05) is 41.9 Å². The molecule has 0 spiro atoms. The molecule has 336 valence electrons. The summed E-state index contributed by atoms with van der Waals surface area (Å²) in [5.41, 5.74) is 3.68. The van der Waals surface area contributed by atoms with E-state index in [1.807, 2.05) is 110 Å². The standard InChI is InChI=1S/C40H51N5O10P5S3/c1-32(27-34-11-17-37(48-4)18-12-34)56(61)53-38-21-13-35(14-22-38)28-41-44(3)58(63)55-40-23-15-36(16-24-40)29-42-43(2)57(62)54-39-19-9-33(10-20-39)25-26-45(30-59(46,49-5)50-6)31-60(47,51-7)52-8/h9-24,27-29H,25-26,30-31H2,1-8H3/q+3/b32-27+,41-28+,42-29+. The Kier molecular flexibility index (Phi) is 21.5. The van der Waals surface area contributed by atoms with Crippen LogP contribution in [0.3, 0.4) is 0 Å². The van der Waals surface area contributed by atoms with E-state index in [4.69, 9.17) is 71.8 Å². The maximum atomic E-state index is 12.8. The summed E-state index contributed by atoms with van der Waals surface area (Å²) in [6.07, 6.45) is 5.77. The lowest BCUT2D eigenvalue weighted by atomic mass is 10.1. The Hall–Kier alpha value is -3.42. The Morgan fingerprint density at radius 2 is 0.968 bits per heavy atom. The number of methoxy groups -OCH3 is 1. The summed E-state index contributed by atoms with van der Waals surface area (Å²) in [6.45, 7) is 1.12. The van der Waals surface area contributed by atoms with Crippen molar-refractivity contribution in [2.75, 3.05) is 68.8 Å². The van der Waals surface area contributed by atoms with Crippen LogP contribution >= 0.6 is 36.3 Å². The quantitative estimate of drug-likeness (QED) is 0.0334. The van der Waals surface area contributed by atoms with E-state index in [0.29, 0.717) is 30.2 Å². The fourth-order valence-electron chi connectivity index (χ4n) is 5.13. The van der Waals surface area contributed by atoms with E-state index in [-0.39, 0.29) is 12.6 Å². The molecule has 0 N–H and O–H groups in total. The zero-order valence-electron chi connectivity index (χ0n) is 36.1. The van der Waals surface area contributed by atoms with E-state index in [1.165, 1.54) is 28.4 Å². The lowest BCUT2D eigenvalue weighted by Crippen LogP contribution is -2.29. The van der Waals surface area contributed by atoms with Crippen molar-refractivity contribution in [1.82, 2.24) is 14.5 Å². The molecular formula is C40H51N5O10P5S3+3. The van der Waals surface area contributed by atoms with Crippen LogP contribution < -0.4 is 18.3 Å². The number of benzene rings is 4. The Balaban J connectivity index is 1.22. The molecule has 0 radical (unpaired) electrons. The van der Waals surface area contributed by atoms with Gasteiger partial charge in [0.25, 0.3) is 0 Å². The molecule has 0 aliphatic carbocycles. The minimum atomic E-state index is -3.43. The first-order chi connectivity index (χ1) is 30.1. The van der Waals surface area contributed by atoms with Gasteiger partial charge in [0.05, 0.1) is 33.6 Å². The van der Waals surface area contributed by atoms with E-state index in [2.05, 4.69) is 10.2 Å². The second-order valence-electron chi connectivity index (χ2n) is 13.2. The average Bonchev–Trinajstić information content (AvgIpc) is 3.30. The number of hydrazone groups is 2. The molecule has 0 aliphatic rings. The molecule has 0 aliphatic heterocycles. The summed E-state index contributed by atoms with van der Waals surface area (Å²) in [5.74, 6) is 2.66. The number of allylic oxidation sites excluding steroid dienone is 1. The SMILES string of the molecule is COc1ccc(/C=C(\C)[P+](=S)Oc2ccc(/C=N/N(C)[P+](=S)Oc3ccc(/C=N/N(C)[P+](=S)Oc4ccc(CCN(CP(=O)(OC)OC)CP(=O)(OC)OC)cc4)cc3)cc2)cc1. The highest BCUT2D eigenvalue weighted by molar-refractivity contribution is 8.05.